The minimum atomic E-state index is 0.171. The van der Waals surface area contributed by atoms with Gasteiger partial charge >= 0.3 is 0 Å². The lowest BCUT2D eigenvalue weighted by Gasteiger charge is -2.30. The van der Waals surface area contributed by atoms with E-state index in [1.807, 2.05) is 0 Å². The summed E-state index contributed by atoms with van der Waals surface area (Å²) in [6.45, 7) is 2.04. The lowest BCUT2D eigenvalue weighted by molar-refractivity contribution is 0.101. The van der Waals surface area contributed by atoms with Crippen molar-refractivity contribution < 1.29 is 14.6 Å². The molecule has 4 nitrogen and oxygen atoms in total. The van der Waals surface area contributed by atoms with Crippen molar-refractivity contribution in [1.29, 1.82) is 0 Å². The molecule has 0 spiro atoms. The van der Waals surface area contributed by atoms with Crippen molar-refractivity contribution in [3.8, 4) is 17.2 Å². The second-order valence-electron chi connectivity index (χ2n) is 4.48. The molecule has 1 heterocycles. The number of piperidine rings is 1. The zero-order valence-electron chi connectivity index (χ0n) is 10.3. The van der Waals surface area contributed by atoms with Gasteiger partial charge in [-0.05, 0) is 38.6 Å². The predicted octanol–water partition coefficient (Wildman–Crippen LogP) is 1.87. The fourth-order valence-corrected chi connectivity index (χ4v) is 2.15. The molecule has 17 heavy (non-hydrogen) atoms. The van der Waals surface area contributed by atoms with Gasteiger partial charge < -0.3 is 19.5 Å². The van der Waals surface area contributed by atoms with Crippen molar-refractivity contribution in [2.45, 2.75) is 18.9 Å². The fraction of sp³-hybridized carbons (Fsp3) is 0.538. The lowest BCUT2D eigenvalue weighted by atomic mass is 10.1. The van der Waals surface area contributed by atoms with Crippen LogP contribution < -0.4 is 9.47 Å². The number of aromatic hydroxyl groups is 1. The second-order valence-corrected chi connectivity index (χ2v) is 4.48. The number of methoxy groups -OCH3 is 1. The van der Waals surface area contributed by atoms with Crippen LogP contribution in [0.5, 0.6) is 17.2 Å². The minimum Gasteiger partial charge on any atom is -0.508 e. The Balaban J connectivity index is 2.08. The number of ether oxygens (including phenoxy) is 2. The molecule has 0 aromatic heterocycles. The van der Waals surface area contributed by atoms with Crippen LogP contribution >= 0.6 is 0 Å². The van der Waals surface area contributed by atoms with E-state index in [4.69, 9.17) is 9.47 Å². The van der Waals surface area contributed by atoms with Crippen LogP contribution in [0.2, 0.25) is 0 Å². The first-order valence-corrected chi connectivity index (χ1v) is 5.91. The second kappa shape index (κ2) is 5.27. The molecule has 94 valence electrons. The van der Waals surface area contributed by atoms with Crippen molar-refractivity contribution in [3.63, 3.8) is 0 Å². The summed E-state index contributed by atoms with van der Waals surface area (Å²) < 4.78 is 11.1. The normalized spacial score (nSPS) is 21.2. The van der Waals surface area contributed by atoms with E-state index in [0.717, 1.165) is 25.9 Å². The topological polar surface area (TPSA) is 41.9 Å². The van der Waals surface area contributed by atoms with E-state index in [-0.39, 0.29) is 11.9 Å². The van der Waals surface area contributed by atoms with Gasteiger partial charge in [0.2, 0.25) is 0 Å². The molecule has 4 heteroatoms. The first-order valence-electron chi connectivity index (χ1n) is 5.91. The molecule has 1 aromatic rings. The molecular formula is C13H19NO3. The van der Waals surface area contributed by atoms with Crippen molar-refractivity contribution in [1.82, 2.24) is 4.90 Å². The number of likely N-dealkylation sites (N-methyl/N-ethyl adjacent to an activating group) is 1. The summed E-state index contributed by atoms with van der Waals surface area (Å²) in [6, 6.07) is 4.92. The Bertz CT molecular complexity index is 381. The van der Waals surface area contributed by atoms with Gasteiger partial charge in [-0.3, -0.25) is 0 Å². The van der Waals surface area contributed by atoms with Gasteiger partial charge in [-0.1, -0.05) is 0 Å². The molecule has 2 rings (SSSR count). The Labute approximate surface area is 102 Å². The zero-order valence-corrected chi connectivity index (χ0v) is 10.3. The number of rotatable bonds is 3. The molecule has 1 aromatic carbocycles. The van der Waals surface area contributed by atoms with Crippen molar-refractivity contribution in [3.05, 3.63) is 18.2 Å². The van der Waals surface area contributed by atoms with Crippen LogP contribution in [-0.2, 0) is 0 Å². The maximum absolute atomic E-state index is 9.47. The van der Waals surface area contributed by atoms with Crippen molar-refractivity contribution in [2.24, 2.45) is 0 Å². The first kappa shape index (κ1) is 12.0. The van der Waals surface area contributed by atoms with Gasteiger partial charge in [-0.2, -0.15) is 0 Å². The number of likely N-dealkylation sites (tertiary alicyclic amines) is 1. The van der Waals surface area contributed by atoms with Crippen molar-refractivity contribution in [2.75, 3.05) is 27.2 Å². The van der Waals surface area contributed by atoms with Crippen LogP contribution in [0.25, 0.3) is 0 Å². The lowest BCUT2D eigenvalue weighted by Crippen LogP contribution is -2.38. The zero-order chi connectivity index (χ0) is 12.3. The summed E-state index contributed by atoms with van der Waals surface area (Å²) in [5.41, 5.74) is 0. The highest BCUT2D eigenvalue weighted by Gasteiger charge is 2.20. The molecule has 0 saturated carbocycles. The van der Waals surface area contributed by atoms with Crippen molar-refractivity contribution >= 4 is 0 Å². The van der Waals surface area contributed by atoms with E-state index in [0.29, 0.717) is 11.5 Å². The van der Waals surface area contributed by atoms with Gasteiger partial charge in [0.15, 0.2) is 11.5 Å². The highest BCUT2D eigenvalue weighted by molar-refractivity contribution is 5.45. The Morgan fingerprint density at radius 2 is 2.18 bits per heavy atom. The summed E-state index contributed by atoms with van der Waals surface area (Å²) in [7, 11) is 3.70. The molecular weight excluding hydrogens is 218 g/mol. The van der Waals surface area contributed by atoms with Crippen LogP contribution in [0.3, 0.4) is 0 Å². The van der Waals surface area contributed by atoms with E-state index < -0.39 is 0 Å². The highest BCUT2D eigenvalue weighted by Crippen LogP contribution is 2.32. The van der Waals surface area contributed by atoms with E-state index in [2.05, 4.69) is 11.9 Å². The quantitative estimate of drug-likeness (QED) is 0.871. The highest BCUT2D eigenvalue weighted by atomic mass is 16.5. The summed E-state index contributed by atoms with van der Waals surface area (Å²) in [5, 5.41) is 9.47. The summed E-state index contributed by atoms with van der Waals surface area (Å²) in [6.07, 6.45) is 2.36. The maximum Gasteiger partial charge on any atom is 0.165 e. The smallest absolute Gasteiger partial charge is 0.165 e. The monoisotopic (exact) mass is 237 g/mol. The van der Waals surface area contributed by atoms with Gasteiger partial charge in [0, 0.05) is 12.6 Å². The molecule has 0 amide bonds. The molecule has 1 unspecified atom stereocenters. The van der Waals surface area contributed by atoms with E-state index in [9.17, 15) is 5.11 Å². The van der Waals surface area contributed by atoms with Crippen LogP contribution in [-0.4, -0.2) is 43.4 Å². The standard InChI is InChI=1S/C13H19NO3/c1-14-7-3-4-11(9-14)17-13-8-10(15)5-6-12(13)16-2/h5-6,8,11,15H,3-4,7,9H2,1-2H3. The molecule has 1 N–H and O–H groups in total. The van der Waals surface area contributed by atoms with Gasteiger partial charge in [-0.25, -0.2) is 0 Å². The van der Waals surface area contributed by atoms with E-state index >= 15 is 0 Å². The van der Waals surface area contributed by atoms with E-state index in [1.165, 1.54) is 0 Å². The van der Waals surface area contributed by atoms with Gasteiger partial charge in [0.1, 0.15) is 11.9 Å². The largest absolute Gasteiger partial charge is 0.508 e. The SMILES string of the molecule is COc1ccc(O)cc1OC1CCCN(C)C1. The molecule has 1 aliphatic heterocycles. The third kappa shape index (κ3) is 3.03. The minimum absolute atomic E-state index is 0.171. The summed E-state index contributed by atoms with van der Waals surface area (Å²) in [4.78, 5) is 2.25. The predicted molar refractivity (Wildman–Crippen MR) is 65.8 cm³/mol. The van der Waals surface area contributed by atoms with Crippen LogP contribution in [0, 0.1) is 0 Å². The number of hydrogen-bond acceptors (Lipinski definition) is 4. The Morgan fingerprint density at radius 1 is 1.35 bits per heavy atom. The number of hydrogen-bond donors (Lipinski definition) is 1. The number of phenolic OH excluding ortho intramolecular Hbond substituents is 1. The first-order chi connectivity index (χ1) is 8.19. The third-order valence-corrected chi connectivity index (χ3v) is 3.02. The fourth-order valence-electron chi connectivity index (χ4n) is 2.15. The summed E-state index contributed by atoms with van der Waals surface area (Å²) in [5.74, 6) is 1.48. The molecule has 1 atom stereocenters. The third-order valence-electron chi connectivity index (χ3n) is 3.02. The summed E-state index contributed by atoms with van der Waals surface area (Å²) >= 11 is 0. The molecule has 1 saturated heterocycles. The Morgan fingerprint density at radius 3 is 2.88 bits per heavy atom. The molecule has 1 fully saturated rings. The van der Waals surface area contributed by atoms with Gasteiger partial charge in [-0.15, -0.1) is 0 Å². The number of nitrogens with zero attached hydrogens (tertiary/aromatic N) is 1. The molecule has 1 aliphatic rings. The van der Waals surface area contributed by atoms with E-state index in [1.54, 1.807) is 25.3 Å². The number of benzene rings is 1. The average molecular weight is 237 g/mol. The van der Waals surface area contributed by atoms with Gasteiger partial charge in [0.25, 0.3) is 0 Å². The van der Waals surface area contributed by atoms with Crippen LogP contribution in [0.4, 0.5) is 0 Å². The van der Waals surface area contributed by atoms with Crippen LogP contribution in [0.1, 0.15) is 12.8 Å². The Kier molecular flexibility index (Phi) is 3.74. The Hall–Kier alpha value is -1.42. The molecule has 0 bridgehead atoms. The van der Waals surface area contributed by atoms with Crippen LogP contribution in [0.15, 0.2) is 18.2 Å². The number of phenols is 1. The molecule has 0 aliphatic carbocycles. The van der Waals surface area contributed by atoms with Gasteiger partial charge in [0.05, 0.1) is 7.11 Å². The maximum atomic E-state index is 9.47. The average Bonchev–Trinajstić information content (AvgIpc) is 2.29. The molecule has 0 radical (unpaired) electrons.